The summed E-state index contributed by atoms with van der Waals surface area (Å²) in [6.45, 7) is 1.54. The first-order valence-electron chi connectivity index (χ1n) is 6.14. The molecule has 0 spiro atoms. The van der Waals surface area contributed by atoms with Crippen LogP contribution in [-0.4, -0.2) is 55.9 Å². The largest absolute Gasteiger partial charge is 0.395 e. The highest BCUT2D eigenvalue weighted by Crippen LogP contribution is 2.29. The van der Waals surface area contributed by atoms with Gasteiger partial charge in [0, 0.05) is 20.2 Å². The third-order valence-corrected chi connectivity index (χ3v) is 3.25. The van der Waals surface area contributed by atoms with E-state index in [1.54, 1.807) is 30.2 Å². The molecule has 1 aromatic carbocycles. The molecule has 0 aliphatic heterocycles. The molecule has 2 N–H and O–H groups in total. The summed E-state index contributed by atoms with van der Waals surface area (Å²) in [5, 5.41) is 12.4. The molecule has 1 aromatic rings. The second-order valence-corrected chi connectivity index (χ2v) is 4.95. The zero-order valence-corrected chi connectivity index (χ0v) is 12.7. The fourth-order valence-electron chi connectivity index (χ4n) is 1.63. The van der Waals surface area contributed by atoms with E-state index < -0.39 is 0 Å². The number of rotatable bonds is 8. The smallest absolute Gasteiger partial charge is 0.238 e. The number of carbonyl (C=O) groups is 1. The Kier molecular flexibility index (Phi) is 7.87. The first kappa shape index (κ1) is 17.2. The van der Waals surface area contributed by atoms with E-state index in [1.807, 2.05) is 0 Å². The van der Waals surface area contributed by atoms with Gasteiger partial charge in [-0.25, -0.2) is 0 Å². The van der Waals surface area contributed by atoms with Crippen LogP contribution in [0.2, 0.25) is 10.0 Å². The second-order valence-electron chi connectivity index (χ2n) is 4.14. The highest BCUT2D eigenvalue weighted by atomic mass is 35.5. The van der Waals surface area contributed by atoms with Gasteiger partial charge in [0.05, 0.1) is 35.5 Å². The fourth-order valence-corrected chi connectivity index (χ4v) is 2.12. The molecule has 0 bridgehead atoms. The van der Waals surface area contributed by atoms with Crippen molar-refractivity contribution in [1.29, 1.82) is 0 Å². The van der Waals surface area contributed by atoms with Crippen molar-refractivity contribution >= 4 is 34.8 Å². The number of hydrogen-bond acceptors (Lipinski definition) is 4. The van der Waals surface area contributed by atoms with Crippen molar-refractivity contribution in [1.82, 2.24) is 4.90 Å². The highest BCUT2D eigenvalue weighted by Gasteiger charge is 2.13. The van der Waals surface area contributed by atoms with Gasteiger partial charge in [-0.3, -0.25) is 9.69 Å². The maximum Gasteiger partial charge on any atom is 0.238 e. The average molecular weight is 321 g/mol. The zero-order valence-electron chi connectivity index (χ0n) is 11.2. The summed E-state index contributed by atoms with van der Waals surface area (Å²) >= 11 is 12.0. The number of aliphatic hydroxyl groups is 1. The lowest BCUT2D eigenvalue weighted by Crippen LogP contribution is -2.37. The van der Waals surface area contributed by atoms with Crippen LogP contribution in [0.3, 0.4) is 0 Å². The van der Waals surface area contributed by atoms with Crippen LogP contribution in [0.4, 0.5) is 5.69 Å². The molecule has 112 valence electrons. The van der Waals surface area contributed by atoms with Crippen LogP contribution in [0, 0.1) is 0 Å². The zero-order chi connectivity index (χ0) is 15.0. The molecule has 0 fully saturated rings. The Labute approximate surface area is 128 Å². The third kappa shape index (κ3) is 5.64. The normalized spacial score (nSPS) is 10.8. The Morgan fingerprint density at radius 2 is 2.00 bits per heavy atom. The third-order valence-electron chi connectivity index (χ3n) is 2.62. The SMILES string of the molecule is COCCN(CCO)CC(=O)Nc1c(Cl)cccc1Cl. The van der Waals surface area contributed by atoms with E-state index in [0.29, 0.717) is 35.4 Å². The van der Waals surface area contributed by atoms with Gasteiger partial charge in [0.2, 0.25) is 5.91 Å². The number of nitrogens with one attached hydrogen (secondary N) is 1. The van der Waals surface area contributed by atoms with Crippen molar-refractivity contribution in [3.8, 4) is 0 Å². The van der Waals surface area contributed by atoms with Gasteiger partial charge in [0.1, 0.15) is 0 Å². The topological polar surface area (TPSA) is 61.8 Å². The van der Waals surface area contributed by atoms with E-state index in [9.17, 15) is 4.79 Å². The average Bonchev–Trinajstić information content (AvgIpc) is 2.40. The number of anilines is 1. The van der Waals surface area contributed by atoms with Crippen LogP contribution in [0.1, 0.15) is 0 Å². The summed E-state index contributed by atoms with van der Waals surface area (Å²) in [6.07, 6.45) is 0. The molecule has 7 heteroatoms. The number of aliphatic hydroxyl groups excluding tert-OH is 1. The molecule has 1 rings (SSSR count). The summed E-state index contributed by atoms with van der Waals surface area (Å²) in [5.74, 6) is -0.246. The Bertz CT molecular complexity index is 423. The summed E-state index contributed by atoms with van der Waals surface area (Å²) in [7, 11) is 1.58. The standard InChI is InChI=1S/C13H18Cl2N2O3/c1-20-8-6-17(5-7-18)9-12(19)16-13-10(14)3-2-4-11(13)15/h2-4,18H,5-9H2,1H3,(H,16,19). The van der Waals surface area contributed by atoms with Crippen LogP contribution in [0.5, 0.6) is 0 Å². The summed E-state index contributed by atoms with van der Waals surface area (Å²) in [4.78, 5) is 13.8. The van der Waals surface area contributed by atoms with Crippen molar-refractivity contribution in [3.05, 3.63) is 28.2 Å². The number of benzene rings is 1. The fraction of sp³-hybridized carbons (Fsp3) is 0.462. The maximum absolute atomic E-state index is 12.0. The summed E-state index contributed by atoms with van der Waals surface area (Å²) in [6, 6.07) is 5.01. The minimum absolute atomic E-state index is 0.0240. The lowest BCUT2D eigenvalue weighted by atomic mass is 10.3. The molecule has 0 saturated heterocycles. The molecule has 0 aromatic heterocycles. The van der Waals surface area contributed by atoms with E-state index >= 15 is 0 Å². The number of para-hydroxylation sites is 1. The minimum Gasteiger partial charge on any atom is -0.395 e. The number of halogens is 2. The predicted molar refractivity (Wildman–Crippen MR) is 80.5 cm³/mol. The summed E-state index contributed by atoms with van der Waals surface area (Å²) < 4.78 is 4.96. The highest BCUT2D eigenvalue weighted by molar-refractivity contribution is 6.39. The number of nitrogens with zero attached hydrogens (tertiary/aromatic N) is 1. The Balaban J connectivity index is 2.61. The van der Waals surface area contributed by atoms with Crippen LogP contribution >= 0.6 is 23.2 Å². The van der Waals surface area contributed by atoms with Crippen LogP contribution in [0.25, 0.3) is 0 Å². The second kappa shape index (κ2) is 9.15. The number of carbonyl (C=O) groups excluding carboxylic acids is 1. The van der Waals surface area contributed by atoms with Gasteiger partial charge in [-0.2, -0.15) is 0 Å². The lowest BCUT2D eigenvalue weighted by molar-refractivity contribution is -0.117. The Morgan fingerprint density at radius 1 is 1.35 bits per heavy atom. The van der Waals surface area contributed by atoms with E-state index in [-0.39, 0.29) is 19.1 Å². The Hall–Kier alpha value is -0.850. The van der Waals surface area contributed by atoms with Crippen molar-refractivity contribution < 1.29 is 14.6 Å². The quantitative estimate of drug-likeness (QED) is 0.767. The maximum atomic E-state index is 12.0. The van der Waals surface area contributed by atoms with Gasteiger partial charge in [-0.15, -0.1) is 0 Å². The molecule has 0 radical (unpaired) electrons. The monoisotopic (exact) mass is 320 g/mol. The van der Waals surface area contributed by atoms with Gasteiger partial charge in [0.15, 0.2) is 0 Å². The molecular formula is C13H18Cl2N2O3. The van der Waals surface area contributed by atoms with Crippen molar-refractivity contribution in [2.75, 3.05) is 45.3 Å². The van der Waals surface area contributed by atoms with Gasteiger partial charge >= 0.3 is 0 Å². The molecule has 5 nitrogen and oxygen atoms in total. The molecule has 20 heavy (non-hydrogen) atoms. The molecule has 0 aliphatic carbocycles. The van der Waals surface area contributed by atoms with Crippen molar-refractivity contribution in [2.45, 2.75) is 0 Å². The number of amides is 1. The molecule has 0 atom stereocenters. The van der Waals surface area contributed by atoms with Gasteiger partial charge in [-0.1, -0.05) is 29.3 Å². The number of hydrogen-bond donors (Lipinski definition) is 2. The molecule has 1 amide bonds. The predicted octanol–water partition coefficient (Wildman–Crippen LogP) is 1.87. The van der Waals surface area contributed by atoms with E-state index in [1.165, 1.54) is 0 Å². The number of ether oxygens (including phenoxy) is 1. The molecule has 0 aliphatic rings. The first-order valence-corrected chi connectivity index (χ1v) is 6.90. The van der Waals surface area contributed by atoms with E-state index in [2.05, 4.69) is 5.32 Å². The first-order chi connectivity index (χ1) is 9.58. The van der Waals surface area contributed by atoms with Gasteiger partial charge in [-0.05, 0) is 12.1 Å². The van der Waals surface area contributed by atoms with Gasteiger partial charge in [0.25, 0.3) is 0 Å². The van der Waals surface area contributed by atoms with Crippen LogP contribution in [0.15, 0.2) is 18.2 Å². The van der Waals surface area contributed by atoms with E-state index in [4.69, 9.17) is 33.0 Å². The molecular weight excluding hydrogens is 303 g/mol. The number of methoxy groups -OCH3 is 1. The van der Waals surface area contributed by atoms with Gasteiger partial charge < -0.3 is 15.2 Å². The lowest BCUT2D eigenvalue weighted by Gasteiger charge is -2.20. The van der Waals surface area contributed by atoms with Crippen LogP contribution in [-0.2, 0) is 9.53 Å². The minimum atomic E-state index is -0.246. The molecule has 0 heterocycles. The van der Waals surface area contributed by atoms with E-state index in [0.717, 1.165) is 0 Å². The summed E-state index contributed by atoms with van der Waals surface area (Å²) in [5.41, 5.74) is 0.400. The van der Waals surface area contributed by atoms with Crippen molar-refractivity contribution in [2.24, 2.45) is 0 Å². The molecule has 0 saturated carbocycles. The van der Waals surface area contributed by atoms with Crippen molar-refractivity contribution in [3.63, 3.8) is 0 Å². The molecule has 0 unspecified atom stereocenters. The van der Waals surface area contributed by atoms with Crippen LogP contribution < -0.4 is 5.32 Å². The Morgan fingerprint density at radius 3 is 2.55 bits per heavy atom.